The van der Waals surface area contributed by atoms with Crippen LogP contribution in [-0.2, 0) is 10.0 Å². The van der Waals surface area contributed by atoms with Crippen molar-refractivity contribution in [2.45, 2.75) is 24.8 Å². The quantitative estimate of drug-likeness (QED) is 0.661. The molecule has 0 heterocycles. The smallest absolute Gasteiger partial charge is 0.241 e. The third-order valence-corrected chi connectivity index (χ3v) is 3.86. The maximum absolute atomic E-state index is 11.9. The summed E-state index contributed by atoms with van der Waals surface area (Å²) in [5.74, 6) is 0. The molecule has 0 saturated heterocycles. The Morgan fingerprint density at radius 3 is 2.69 bits per heavy atom. The molecule has 1 rings (SSSR count). The van der Waals surface area contributed by atoms with E-state index in [2.05, 4.69) is 4.72 Å². The van der Waals surface area contributed by atoms with Crippen molar-refractivity contribution in [3.63, 3.8) is 0 Å². The van der Waals surface area contributed by atoms with Gasteiger partial charge in [0.25, 0.3) is 0 Å². The Bertz CT molecular complexity index is 471. The monoisotopic (exact) mass is 244 g/mol. The zero-order chi connectivity index (χ0) is 12.3. The fraction of sp³-hybridized carbons (Fsp3) is 0.400. The minimum atomic E-state index is -3.61. The number of aliphatic hydroxyl groups excluding tert-OH is 1. The molecule has 0 radical (unpaired) electrons. The van der Waals surface area contributed by atoms with Crippen molar-refractivity contribution < 1.29 is 13.5 Å². The van der Waals surface area contributed by atoms with Gasteiger partial charge in [0.1, 0.15) is 0 Å². The van der Waals surface area contributed by atoms with Crippen LogP contribution in [0.3, 0.4) is 0 Å². The summed E-state index contributed by atoms with van der Waals surface area (Å²) in [6, 6.07) is 4.17. The normalized spacial score (nSPS) is 13.7. The van der Waals surface area contributed by atoms with E-state index in [1.165, 1.54) is 6.07 Å². The number of aliphatic hydroxyl groups is 1. The second kappa shape index (κ2) is 4.82. The zero-order valence-electron chi connectivity index (χ0n) is 9.27. The Kier molecular flexibility index (Phi) is 3.90. The molecule has 0 amide bonds. The molecule has 0 unspecified atom stereocenters. The van der Waals surface area contributed by atoms with Crippen LogP contribution in [0.25, 0.3) is 0 Å². The fourth-order valence-electron chi connectivity index (χ4n) is 1.27. The van der Waals surface area contributed by atoms with E-state index in [9.17, 15) is 8.42 Å². The van der Waals surface area contributed by atoms with Crippen molar-refractivity contribution in [2.24, 2.45) is 0 Å². The maximum Gasteiger partial charge on any atom is 0.241 e. The molecular weight excluding hydrogens is 228 g/mol. The highest BCUT2D eigenvalue weighted by atomic mass is 32.2. The van der Waals surface area contributed by atoms with Gasteiger partial charge in [0.2, 0.25) is 10.0 Å². The van der Waals surface area contributed by atoms with Crippen LogP contribution in [0.2, 0.25) is 0 Å². The number of nitrogens with two attached hydrogens (primary N) is 1. The summed E-state index contributed by atoms with van der Waals surface area (Å²) in [6.45, 7) is 3.03. The molecule has 0 bridgehead atoms. The van der Waals surface area contributed by atoms with Gasteiger partial charge in [0.15, 0.2) is 0 Å². The molecule has 1 aromatic rings. The molecule has 16 heavy (non-hydrogen) atoms. The number of sulfonamides is 1. The van der Waals surface area contributed by atoms with E-state index in [1.54, 1.807) is 26.0 Å². The second-order valence-electron chi connectivity index (χ2n) is 3.73. The highest BCUT2D eigenvalue weighted by molar-refractivity contribution is 7.89. The molecule has 0 aromatic heterocycles. The largest absolute Gasteiger partial charge is 0.399 e. The first-order valence-corrected chi connectivity index (χ1v) is 6.34. The lowest BCUT2D eigenvalue weighted by Gasteiger charge is -2.13. The summed E-state index contributed by atoms with van der Waals surface area (Å²) in [5.41, 5.74) is 6.55. The molecule has 1 atom stereocenters. The first kappa shape index (κ1) is 13.0. The van der Waals surface area contributed by atoms with E-state index in [-0.39, 0.29) is 11.5 Å². The highest BCUT2D eigenvalue weighted by Crippen LogP contribution is 2.18. The molecule has 0 saturated carbocycles. The molecular formula is C10H16N2O3S. The van der Waals surface area contributed by atoms with Gasteiger partial charge in [-0.2, -0.15) is 0 Å². The van der Waals surface area contributed by atoms with E-state index in [0.29, 0.717) is 11.3 Å². The summed E-state index contributed by atoms with van der Waals surface area (Å²) in [6.07, 6.45) is 0. The van der Waals surface area contributed by atoms with Crippen LogP contribution >= 0.6 is 0 Å². The zero-order valence-corrected chi connectivity index (χ0v) is 10.1. The lowest BCUT2D eigenvalue weighted by atomic mass is 10.2. The third kappa shape index (κ3) is 2.94. The summed E-state index contributed by atoms with van der Waals surface area (Å²) in [5, 5.41) is 8.82. The van der Waals surface area contributed by atoms with E-state index in [0.717, 1.165) is 0 Å². The van der Waals surface area contributed by atoms with Gasteiger partial charge >= 0.3 is 0 Å². The number of hydrogen-bond donors (Lipinski definition) is 3. The van der Waals surface area contributed by atoms with Crippen LogP contribution in [0, 0.1) is 6.92 Å². The Morgan fingerprint density at radius 1 is 1.50 bits per heavy atom. The lowest BCUT2D eigenvalue weighted by Crippen LogP contribution is -2.35. The number of hydrogen-bond acceptors (Lipinski definition) is 4. The molecule has 0 fully saturated rings. The van der Waals surface area contributed by atoms with Gasteiger partial charge in [-0.1, -0.05) is 6.07 Å². The van der Waals surface area contributed by atoms with Crippen molar-refractivity contribution in [3.8, 4) is 0 Å². The van der Waals surface area contributed by atoms with Crippen LogP contribution in [0.4, 0.5) is 5.69 Å². The van der Waals surface area contributed by atoms with Crippen molar-refractivity contribution in [2.75, 3.05) is 12.3 Å². The van der Waals surface area contributed by atoms with Crippen molar-refractivity contribution >= 4 is 15.7 Å². The molecule has 0 aliphatic carbocycles. The van der Waals surface area contributed by atoms with Crippen LogP contribution in [-0.4, -0.2) is 26.2 Å². The van der Waals surface area contributed by atoms with E-state index >= 15 is 0 Å². The summed E-state index contributed by atoms with van der Waals surface area (Å²) in [7, 11) is -3.61. The van der Waals surface area contributed by atoms with Crippen LogP contribution in [0.1, 0.15) is 12.5 Å². The average Bonchev–Trinajstić information content (AvgIpc) is 2.20. The Labute approximate surface area is 95.3 Å². The van der Waals surface area contributed by atoms with Crippen molar-refractivity contribution in [1.82, 2.24) is 4.72 Å². The van der Waals surface area contributed by atoms with Gasteiger partial charge in [-0.3, -0.25) is 0 Å². The van der Waals surface area contributed by atoms with Gasteiger partial charge < -0.3 is 10.8 Å². The Morgan fingerprint density at radius 2 is 2.12 bits per heavy atom. The number of nitrogen functional groups attached to an aromatic ring is 1. The number of rotatable bonds is 4. The third-order valence-electron chi connectivity index (χ3n) is 2.13. The topological polar surface area (TPSA) is 92.4 Å². The van der Waals surface area contributed by atoms with Gasteiger partial charge in [-0.05, 0) is 31.5 Å². The summed E-state index contributed by atoms with van der Waals surface area (Å²) >= 11 is 0. The van der Waals surface area contributed by atoms with Gasteiger partial charge in [-0.25, -0.2) is 13.1 Å². The van der Waals surface area contributed by atoms with Crippen LogP contribution in [0.5, 0.6) is 0 Å². The molecule has 4 N–H and O–H groups in total. The summed E-state index contributed by atoms with van der Waals surface area (Å²) < 4.78 is 26.2. The van der Waals surface area contributed by atoms with Gasteiger partial charge in [0, 0.05) is 11.7 Å². The molecule has 6 heteroatoms. The number of anilines is 1. The predicted octanol–water partition coefficient (Wildman–Crippen LogP) is 0.236. The molecule has 90 valence electrons. The van der Waals surface area contributed by atoms with Crippen molar-refractivity contribution in [1.29, 1.82) is 0 Å². The van der Waals surface area contributed by atoms with Crippen molar-refractivity contribution in [3.05, 3.63) is 23.8 Å². The second-order valence-corrected chi connectivity index (χ2v) is 5.41. The Balaban J connectivity index is 3.12. The standard InChI is InChI=1S/C10H16N2O3S/c1-7-3-4-9(11)5-10(7)16(14,15)12-8(2)6-13/h3-5,8,12-13H,6,11H2,1-2H3/t8-/m1/s1. The SMILES string of the molecule is Cc1ccc(N)cc1S(=O)(=O)N[C@H](C)CO. The molecule has 0 aliphatic rings. The minimum Gasteiger partial charge on any atom is -0.399 e. The maximum atomic E-state index is 11.9. The predicted molar refractivity (Wildman–Crippen MR) is 62.5 cm³/mol. The molecule has 1 aromatic carbocycles. The van der Waals surface area contributed by atoms with E-state index in [1.807, 2.05) is 0 Å². The average molecular weight is 244 g/mol. The van der Waals surface area contributed by atoms with E-state index in [4.69, 9.17) is 10.8 Å². The highest BCUT2D eigenvalue weighted by Gasteiger charge is 2.19. The number of nitrogens with one attached hydrogen (secondary N) is 1. The van der Waals surface area contributed by atoms with E-state index < -0.39 is 16.1 Å². The van der Waals surface area contributed by atoms with Crippen LogP contribution in [0.15, 0.2) is 23.1 Å². The fourth-order valence-corrected chi connectivity index (χ4v) is 2.79. The summed E-state index contributed by atoms with van der Waals surface area (Å²) in [4.78, 5) is 0.146. The molecule has 0 aliphatic heterocycles. The number of benzene rings is 1. The van der Waals surface area contributed by atoms with Crippen LogP contribution < -0.4 is 10.5 Å². The lowest BCUT2D eigenvalue weighted by molar-refractivity contribution is 0.265. The Hall–Kier alpha value is -1.11. The first-order chi connectivity index (χ1) is 7.36. The molecule has 5 nitrogen and oxygen atoms in total. The van der Waals surface area contributed by atoms with Gasteiger partial charge in [0.05, 0.1) is 11.5 Å². The minimum absolute atomic E-state index is 0.146. The van der Waals surface area contributed by atoms with Gasteiger partial charge in [-0.15, -0.1) is 0 Å². The molecule has 0 spiro atoms. The first-order valence-electron chi connectivity index (χ1n) is 4.86. The number of aryl methyl sites for hydroxylation is 1.